The zero-order valence-corrected chi connectivity index (χ0v) is 10.4. The number of methoxy groups -OCH3 is 1. The maximum atomic E-state index is 11.9. The number of hydrogen-bond acceptors (Lipinski definition) is 6. The molecule has 0 aliphatic rings. The molecule has 8 nitrogen and oxygen atoms in total. The summed E-state index contributed by atoms with van der Waals surface area (Å²) in [6.07, 6.45) is 0. The second kappa shape index (κ2) is 5.19. The lowest BCUT2D eigenvalue weighted by Crippen LogP contribution is -2.32. The van der Waals surface area contributed by atoms with Crippen LogP contribution in [-0.4, -0.2) is 50.5 Å². The Labute approximate surface area is 103 Å². The number of carboxylic acid groups (broad SMARTS) is 1. The smallest absolute Gasteiger partial charge is 0.371 e. The van der Waals surface area contributed by atoms with Crippen LogP contribution in [0.3, 0.4) is 0 Å². The van der Waals surface area contributed by atoms with Crippen molar-refractivity contribution in [2.24, 2.45) is 0 Å². The maximum absolute atomic E-state index is 11.9. The lowest BCUT2D eigenvalue weighted by atomic mass is 10.5. The van der Waals surface area contributed by atoms with Crippen molar-refractivity contribution in [3.05, 3.63) is 17.9 Å². The highest BCUT2D eigenvalue weighted by atomic mass is 32.2. The Morgan fingerprint density at radius 3 is 2.50 bits per heavy atom. The highest BCUT2D eigenvalue weighted by Crippen LogP contribution is 2.17. The first kappa shape index (κ1) is 14.2. The van der Waals surface area contributed by atoms with Crippen LogP contribution in [0.2, 0.25) is 0 Å². The fraction of sp³-hybridized carbons (Fsp3) is 0.333. The number of aromatic carboxylic acids is 1. The van der Waals surface area contributed by atoms with Crippen LogP contribution < -0.4 is 0 Å². The molecular formula is C9H11NO7S. The van der Waals surface area contributed by atoms with Crippen LogP contribution in [0, 0.1) is 0 Å². The van der Waals surface area contributed by atoms with E-state index in [0.29, 0.717) is 4.31 Å². The third-order valence-electron chi connectivity index (χ3n) is 2.04. The molecule has 0 aliphatic heterocycles. The molecular weight excluding hydrogens is 266 g/mol. The van der Waals surface area contributed by atoms with Gasteiger partial charge in [-0.2, -0.15) is 4.31 Å². The summed E-state index contributed by atoms with van der Waals surface area (Å²) in [7, 11) is -1.78. The topological polar surface area (TPSA) is 114 Å². The molecule has 1 rings (SSSR count). The SMILES string of the molecule is COC(=O)CN(C)S(=O)(=O)c1ccc(C(=O)O)o1. The van der Waals surface area contributed by atoms with Crippen LogP contribution in [0.1, 0.15) is 10.6 Å². The van der Waals surface area contributed by atoms with Gasteiger partial charge in [-0.3, -0.25) is 4.79 Å². The van der Waals surface area contributed by atoms with Gasteiger partial charge in [0.15, 0.2) is 0 Å². The van der Waals surface area contributed by atoms with Gasteiger partial charge in [0.2, 0.25) is 10.9 Å². The number of furan rings is 1. The molecule has 0 bridgehead atoms. The summed E-state index contributed by atoms with van der Waals surface area (Å²) in [5, 5.41) is 8.06. The molecule has 9 heteroatoms. The predicted octanol–water partition coefficient (Wildman–Crippen LogP) is -0.229. The van der Waals surface area contributed by atoms with Crippen molar-refractivity contribution < 1.29 is 32.3 Å². The molecule has 0 spiro atoms. The zero-order chi connectivity index (χ0) is 13.9. The van der Waals surface area contributed by atoms with Crippen molar-refractivity contribution in [3.8, 4) is 0 Å². The van der Waals surface area contributed by atoms with Gasteiger partial charge in [0.1, 0.15) is 6.54 Å². The van der Waals surface area contributed by atoms with Crippen molar-refractivity contribution in [2.45, 2.75) is 5.09 Å². The van der Waals surface area contributed by atoms with Gasteiger partial charge in [0.25, 0.3) is 10.0 Å². The number of carbonyl (C=O) groups excluding carboxylic acids is 1. The number of carbonyl (C=O) groups is 2. The Morgan fingerprint density at radius 1 is 1.44 bits per heavy atom. The van der Waals surface area contributed by atoms with Gasteiger partial charge in [-0.1, -0.05) is 0 Å². The van der Waals surface area contributed by atoms with E-state index in [9.17, 15) is 18.0 Å². The Balaban J connectivity index is 2.98. The Kier molecular flexibility index (Phi) is 4.09. The van der Waals surface area contributed by atoms with Gasteiger partial charge in [-0.25, -0.2) is 13.2 Å². The van der Waals surface area contributed by atoms with Gasteiger partial charge >= 0.3 is 11.9 Å². The first-order chi connectivity index (χ1) is 8.28. The summed E-state index contributed by atoms with van der Waals surface area (Å²) >= 11 is 0. The van der Waals surface area contributed by atoms with Crippen molar-refractivity contribution >= 4 is 22.0 Å². The molecule has 0 fully saturated rings. The van der Waals surface area contributed by atoms with Crippen LogP contribution >= 0.6 is 0 Å². The van der Waals surface area contributed by atoms with Crippen LogP contribution in [0.15, 0.2) is 21.6 Å². The minimum atomic E-state index is -4.05. The first-order valence-corrected chi connectivity index (χ1v) is 6.09. The lowest BCUT2D eigenvalue weighted by molar-refractivity contribution is -0.140. The van der Waals surface area contributed by atoms with E-state index in [2.05, 4.69) is 9.15 Å². The molecule has 18 heavy (non-hydrogen) atoms. The van der Waals surface area contributed by atoms with Gasteiger partial charge in [0.05, 0.1) is 7.11 Å². The van der Waals surface area contributed by atoms with Crippen LogP contribution in [0.4, 0.5) is 0 Å². The van der Waals surface area contributed by atoms with Crippen LogP contribution in [0.25, 0.3) is 0 Å². The van der Waals surface area contributed by atoms with Gasteiger partial charge in [-0.15, -0.1) is 0 Å². The minimum absolute atomic E-state index is 0.498. The normalized spacial score (nSPS) is 11.5. The third kappa shape index (κ3) is 2.87. The van der Waals surface area contributed by atoms with E-state index in [0.717, 1.165) is 26.3 Å². The number of ether oxygens (including phenoxy) is 1. The molecule has 0 radical (unpaired) electrons. The number of carboxylic acids is 1. The number of hydrogen-bond donors (Lipinski definition) is 1. The minimum Gasteiger partial charge on any atom is -0.475 e. The Morgan fingerprint density at radius 2 is 2.06 bits per heavy atom. The highest BCUT2D eigenvalue weighted by molar-refractivity contribution is 7.89. The fourth-order valence-corrected chi connectivity index (χ4v) is 2.08. The zero-order valence-electron chi connectivity index (χ0n) is 9.61. The molecule has 0 aromatic carbocycles. The van der Waals surface area contributed by atoms with Crippen molar-refractivity contribution in [1.29, 1.82) is 0 Å². The quantitative estimate of drug-likeness (QED) is 0.739. The monoisotopic (exact) mass is 277 g/mol. The van der Waals surface area contributed by atoms with Crippen molar-refractivity contribution in [2.75, 3.05) is 20.7 Å². The number of likely N-dealkylation sites (N-methyl/N-ethyl adjacent to an activating group) is 1. The standard InChI is InChI=1S/C9H11NO7S/c1-10(5-7(11)16-2)18(14,15)8-4-3-6(17-8)9(12)13/h3-4H,5H2,1-2H3,(H,12,13). The maximum Gasteiger partial charge on any atom is 0.371 e. The van der Waals surface area contributed by atoms with Gasteiger partial charge in [-0.05, 0) is 12.1 Å². The number of sulfonamides is 1. The van der Waals surface area contributed by atoms with E-state index in [4.69, 9.17) is 5.11 Å². The molecule has 0 unspecified atom stereocenters. The van der Waals surface area contributed by atoms with E-state index >= 15 is 0 Å². The molecule has 0 amide bonds. The fourth-order valence-electron chi connectivity index (χ4n) is 1.06. The summed E-state index contributed by atoms with van der Waals surface area (Å²) in [5.74, 6) is -2.63. The predicted molar refractivity (Wildman–Crippen MR) is 57.5 cm³/mol. The van der Waals surface area contributed by atoms with Crippen molar-refractivity contribution in [3.63, 3.8) is 0 Å². The van der Waals surface area contributed by atoms with Crippen LogP contribution in [0.5, 0.6) is 0 Å². The molecule has 1 heterocycles. The first-order valence-electron chi connectivity index (χ1n) is 4.65. The summed E-state index contributed by atoms with van der Waals surface area (Å²) in [6.45, 7) is -0.498. The summed E-state index contributed by atoms with van der Waals surface area (Å²) in [5.41, 5.74) is 0. The Bertz CT molecular complexity index is 559. The molecule has 1 aromatic heterocycles. The summed E-state index contributed by atoms with van der Waals surface area (Å²) in [6, 6.07) is 2.02. The van der Waals surface area contributed by atoms with E-state index < -0.39 is 39.4 Å². The largest absolute Gasteiger partial charge is 0.475 e. The van der Waals surface area contributed by atoms with Gasteiger partial charge in [0, 0.05) is 7.05 Å². The molecule has 1 aromatic rings. The average Bonchev–Trinajstić information content (AvgIpc) is 2.78. The highest BCUT2D eigenvalue weighted by Gasteiger charge is 2.27. The van der Waals surface area contributed by atoms with Gasteiger partial charge < -0.3 is 14.3 Å². The van der Waals surface area contributed by atoms with E-state index in [-0.39, 0.29) is 0 Å². The summed E-state index contributed by atoms with van der Waals surface area (Å²) in [4.78, 5) is 21.5. The number of nitrogens with zero attached hydrogens (tertiary/aromatic N) is 1. The van der Waals surface area contributed by atoms with E-state index in [1.165, 1.54) is 0 Å². The third-order valence-corrected chi connectivity index (χ3v) is 3.71. The second-order valence-electron chi connectivity index (χ2n) is 3.26. The van der Waals surface area contributed by atoms with E-state index in [1.54, 1.807) is 0 Å². The number of rotatable bonds is 5. The van der Waals surface area contributed by atoms with E-state index in [1.807, 2.05) is 0 Å². The lowest BCUT2D eigenvalue weighted by Gasteiger charge is -2.13. The van der Waals surface area contributed by atoms with Crippen molar-refractivity contribution in [1.82, 2.24) is 4.31 Å². The molecule has 0 saturated heterocycles. The molecule has 0 atom stereocenters. The Hall–Kier alpha value is -1.87. The van der Waals surface area contributed by atoms with Crippen LogP contribution in [-0.2, 0) is 19.6 Å². The molecule has 1 N–H and O–H groups in total. The molecule has 0 aliphatic carbocycles. The summed E-state index contributed by atoms with van der Waals surface area (Å²) < 4.78 is 33.4. The molecule has 0 saturated carbocycles. The average molecular weight is 277 g/mol. The number of esters is 1. The molecule has 100 valence electrons. The second-order valence-corrected chi connectivity index (χ2v) is 5.24.